The van der Waals surface area contributed by atoms with Crippen molar-refractivity contribution in [1.29, 1.82) is 0 Å². The van der Waals surface area contributed by atoms with Gasteiger partial charge < -0.3 is 24.1 Å². The maximum Gasteiger partial charge on any atom is 0.258 e. The van der Waals surface area contributed by atoms with Gasteiger partial charge in [-0.2, -0.15) is 4.98 Å². The molecule has 0 saturated carbocycles. The lowest BCUT2D eigenvalue weighted by atomic mass is 10.2. The Hall–Kier alpha value is -3.39. The molecule has 2 heterocycles. The molecule has 1 aromatic heterocycles. The van der Waals surface area contributed by atoms with Gasteiger partial charge in [0.05, 0.1) is 13.2 Å². The summed E-state index contributed by atoms with van der Waals surface area (Å²) in [6.45, 7) is 1.24. The molecule has 1 amide bonds. The van der Waals surface area contributed by atoms with Gasteiger partial charge in [-0.3, -0.25) is 4.79 Å². The molecular weight excluding hydrogens is 386 g/mol. The summed E-state index contributed by atoms with van der Waals surface area (Å²) in [6, 6.07) is 14.6. The van der Waals surface area contributed by atoms with Crippen LogP contribution in [-0.4, -0.2) is 49.0 Å². The Morgan fingerprint density at radius 1 is 1.10 bits per heavy atom. The predicted molar refractivity (Wildman–Crippen MR) is 109 cm³/mol. The maximum atomic E-state index is 11.9. The number of amides is 1. The molecule has 0 aliphatic carbocycles. The number of nitrogens with one attached hydrogen (secondary N) is 1. The van der Waals surface area contributed by atoms with Gasteiger partial charge in [0, 0.05) is 24.3 Å². The van der Waals surface area contributed by atoms with Crippen molar-refractivity contribution in [3.05, 3.63) is 48.5 Å². The van der Waals surface area contributed by atoms with Crippen molar-refractivity contribution >= 4 is 5.91 Å². The lowest BCUT2D eigenvalue weighted by Crippen LogP contribution is -2.35. The van der Waals surface area contributed by atoms with E-state index >= 15 is 0 Å². The van der Waals surface area contributed by atoms with Gasteiger partial charge in [-0.05, 0) is 61.4 Å². The third-order valence-electron chi connectivity index (χ3n) is 4.80. The third-order valence-corrected chi connectivity index (χ3v) is 4.80. The van der Waals surface area contributed by atoms with Crippen LogP contribution in [0.3, 0.4) is 0 Å². The smallest absolute Gasteiger partial charge is 0.258 e. The van der Waals surface area contributed by atoms with Gasteiger partial charge in [-0.25, -0.2) is 0 Å². The predicted octanol–water partition coefficient (Wildman–Crippen LogP) is 3.09. The topological polar surface area (TPSA) is 95.7 Å². The molecule has 156 valence electrons. The first-order valence-corrected chi connectivity index (χ1v) is 9.81. The average Bonchev–Trinajstić information content (AvgIpc) is 3.49. The minimum atomic E-state index is -0.171. The molecule has 0 spiro atoms. The van der Waals surface area contributed by atoms with Crippen LogP contribution in [0.25, 0.3) is 22.8 Å². The van der Waals surface area contributed by atoms with Crippen molar-refractivity contribution in [2.45, 2.75) is 18.9 Å². The quantitative estimate of drug-likeness (QED) is 0.611. The molecule has 0 radical (unpaired) electrons. The van der Waals surface area contributed by atoms with Crippen molar-refractivity contribution in [1.82, 2.24) is 15.5 Å². The van der Waals surface area contributed by atoms with Gasteiger partial charge in [0.1, 0.15) is 11.5 Å². The van der Waals surface area contributed by atoms with Crippen molar-refractivity contribution in [3.63, 3.8) is 0 Å². The summed E-state index contributed by atoms with van der Waals surface area (Å²) in [6.07, 6.45) is 2.15. The van der Waals surface area contributed by atoms with E-state index in [4.69, 9.17) is 18.7 Å². The molecule has 1 aliphatic heterocycles. The van der Waals surface area contributed by atoms with Crippen LogP contribution in [0.15, 0.2) is 53.1 Å². The van der Waals surface area contributed by atoms with E-state index in [0.29, 0.717) is 24.0 Å². The molecule has 1 fully saturated rings. The first-order chi connectivity index (χ1) is 14.7. The summed E-state index contributed by atoms with van der Waals surface area (Å²) >= 11 is 0. The van der Waals surface area contributed by atoms with Gasteiger partial charge in [-0.1, -0.05) is 5.16 Å². The molecule has 1 N–H and O–H groups in total. The van der Waals surface area contributed by atoms with Crippen molar-refractivity contribution < 1.29 is 23.5 Å². The van der Waals surface area contributed by atoms with Crippen LogP contribution in [0.5, 0.6) is 11.5 Å². The molecule has 0 bridgehead atoms. The van der Waals surface area contributed by atoms with Crippen molar-refractivity contribution in [3.8, 4) is 34.3 Å². The van der Waals surface area contributed by atoms with E-state index in [1.54, 1.807) is 19.2 Å². The van der Waals surface area contributed by atoms with Crippen LogP contribution >= 0.6 is 0 Å². The lowest BCUT2D eigenvalue weighted by Gasteiger charge is -2.11. The summed E-state index contributed by atoms with van der Waals surface area (Å²) in [5.41, 5.74) is 1.59. The number of benzene rings is 2. The van der Waals surface area contributed by atoms with Crippen LogP contribution in [-0.2, 0) is 9.53 Å². The summed E-state index contributed by atoms with van der Waals surface area (Å²) in [5.74, 6) is 2.08. The Labute approximate surface area is 174 Å². The molecule has 1 saturated heterocycles. The zero-order chi connectivity index (χ0) is 20.8. The monoisotopic (exact) mass is 409 g/mol. The highest BCUT2D eigenvalue weighted by atomic mass is 16.5. The Bertz CT molecular complexity index is 963. The van der Waals surface area contributed by atoms with Gasteiger partial charge in [-0.15, -0.1) is 0 Å². The Morgan fingerprint density at radius 2 is 1.83 bits per heavy atom. The Morgan fingerprint density at radius 3 is 2.53 bits per heavy atom. The van der Waals surface area contributed by atoms with Crippen LogP contribution in [0.2, 0.25) is 0 Å². The van der Waals surface area contributed by atoms with E-state index < -0.39 is 0 Å². The molecule has 2 aromatic carbocycles. The molecule has 8 nitrogen and oxygen atoms in total. The number of hydrogen-bond donors (Lipinski definition) is 1. The van der Waals surface area contributed by atoms with Gasteiger partial charge >= 0.3 is 0 Å². The number of hydrogen-bond acceptors (Lipinski definition) is 7. The summed E-state index contributed by atoms with van der Waals surface area (Å²) in [4.78, 5) is 16.3. The summed E-state index contributed by atoms with van der Waals surface area (Å²) < 4.78 is 21.5. The van der Waals surface area contributed by atoms with E-state index in [1.807, 2.05) is 36.4 Å². The minimum Gasteiger partial charge on any atom is -0.497 e. The summed E-state index contributed by atoms with van der Waals surface area (Å²) in [5, 5.41) is 6.86. The number of methoxy groups -OCH3 is 1. The highest BCUT2D eigenvalue weighted by Crippen LogP contribution is 2.25. The Balaban J connectivity index is 1.31. The fraction of sp³-hybridized carbons (Fsp3) is 0.318. The van der Waals surface area contributed by atoms with E-state index in [0.717, 1.165) is 36.3 Å². The largest absolute Gasteiger partial charge is 0.497 e. The van der Waals surface area contributed by atoms with Gasteiger partial charge in [0.2, 0.25) is 5.82 Å². The maximum absolute atomic E-state index is 11.9. The number of carbonyl (C=O) groups is 1. The molecule has 1 aliphatic rings. The SMILES string of the molecule is COc1ccc(-c2noc(-c3ccc(OCC(=O)NC[C@H]4CCCO4)cc3)n2)cc1. The normalized spacial score (nSPS) is 15.7. The summed E-state index contributed by atoms with van der Waals surface area (Å²) in [7, 11) is 1.62. The number of ether oxygens (including phenoxy) is 3. The first-order valence-electron chi connectivity index (χ1n) is 9.81. The minimum absolute atomic E-state index is 0.0474. The number of aromatic nitrogens is 2. The van der Waals surface area contributed by atoms with E-state index in [-0.39, 0.29) is 18.6 Å². The fourth-order valence-electron chi connectivity index (χ4n) is 3.12. The zero-order valence-corrected chi connectivity index (χ0v) is 16.7. The number of rotatable bonds is 8. The third kappa shape index (κ3) is 4.96. The number of carbonyl (C=O) groups excluding carboxylic acids is 1. The molecule has 1 atom stereocenters. The fourth-order valence-corrected chi connectivity index (χ4v) is 3.12. The second-order valence-corrected chi connectivity index (χ2v) is 6.90. The number of nitrogens with zero attached hydrogens (tertiary/aromatic N) is 2. The molecule has 3 aromatic rings. The van der Waals surface area contributed by atoms with Crippen molar-refractivity contribution in [2.75, 3.05) is 26.9 Å². The first kappa shape index (κ1) is 19.9. The van der Waals surface area contributed by atoms with Crippen LogP contribution < -0.4 is 14.8 Å². The van der Waals surface area contributed by atoms with Gasteiger partial charge in [0.15, 0.2) is 6.61 Å². The second-order valence-electron chi connectivity index (χ2n) is 6.90. The van der Waals surface area contributed by atoms with Gasteiger partial charge in [0.25, 0.3) is 11.8 Å². The standard InChI is InChI=1S/C22H23N3O5/c1-27-17-8-4-15(5-9-17)21-24-22(30-25-21)16-6-10-18(11-7-16)29-14-20(26)23-13-19-3-2-12-28-19/h4-11,19H,2-3,12-14H2,1H3,(H,23,26)/t19-/m1/s1. The van der Waals surface area contributed by atoms with E-state index in [2.05, 4.69) is 15.5 Å². The highest BCUT2D eigenvalue weighted by molar-refractivity contribution is 5.77. The van der Waals surface area contributed by atoms with E-state index in [1.165, 1.54) is 0 Å². The second kappa shape index (κ2) is 9.41. The molecule has 0 unspecified atom stereocenters. The zero-order valence-electron chi connectivity index (χ0n) is 16.7. The highest BCUT2D eigenvalue weighted by Gasteiger charge is 2.16. The average molecular weight is 409 g/mol. The van der Waals surface area contributed by atoms with Crippen LogP contribution in [0.4, 0.5) is 0 Å². The molecular formula is C22H23N3O5. The van der Waals surface area contributed by atoms with Crippen molar-refractivity contribution in [2.24, 2.45) is 0 Å². The molecule has 30 heavy (non-hydrogen) atoms. The molecule has 4 rings (SSSR count). The molecule has 8 heteroatoms. The lowest BCUT2D eigenvalue weighted by molar-refractivity contribution is -0.123. The Kier molecular flexibility index (Phi) is 6.24. The van der Waals surface area contributed by atoms with Crippen LogP contribution in [0, 0.1) is 0 Å². The van der Waals surface area contributed by atoms with E-state index in [9.17, 15) is 4.79 Å². The van der Waals surface area contributed by atoms with Crippen LogP contribution in [0.1, 0.15) is 12.8 Å².